The highest BCUT2D eigenvalue weighted by Gasteiger charge is 2.14. The van der Waals surface area contributed by atoms with Gasteiger partial charge in [-0.1, -0.05) is 30.3 Å². The van der Waals surface area contributed by atoms with Gasteiger partial charge in [0, 0.05) is 11.3 Å². The summed E-state index contributed by atoms with van der Waals surface area (Å²) in [5.41, 5.74) is 4.66. The molecular weight excluding hydrogens is 474 g/mol. The van der Waals surface area contributed by atoms with Crippen LogP contribution in [0.25, 0.3) is 10.8 Å². The Balaban J connectivity index is 1.51. The summed E-state index contributed by atoms with van der Waals surface area (Å²) in [7, 11) is 1.61. The summed E-state index contributed by atoms with van der Waals surface area (Å²) in [4.78, 5) is 12.8. The monoisotopic (exact) mass is 499 g/mol. The quantitative estimate of drug-likeness (QED) is 0.104. The molecule has 0 heterocycles. The van der Waals surface area contributed by atoms with Crippen LogP contribution in [0, 0.1) is 0 Å². The summed E-state index contributed by atoms with van der Waals surface area (Å²) in [5.74, 6) is 1.35. The van der Waals surface area contributed by atoms with Crippen LogP contribution in [-0.2, 0) is 0 Å². The zero-order valence-corrected chi connectivity index (χ0v) is 20.7. The molecule has 0 saturated carbocycles. The van der Waals surface area contributed by atoms with E-state index in [4.69, 9.17) is 26.4 Å². The van der Waals surface area contributed by atoms with Crippen LogP contribution in [0.5, 0.6) is 17.2 Å². The Hall–Kier alpha value is -4.43. The predicted molar refractivity (Wildman–Crippen MR) is 146 cm³/mol. The van der Waals surface area contributed by atoms with Gasteiger partial charge in [0.05, 0.1) is 25.5 Å². The molecule has 0 radical (unpaired) electrons. The van der Waals surface area contributed by atoms with Crippen molar-refractivity contribution in [1.82, 2.24) is 5.43 Å². The summed E-state index contributed by atoms with van der Waals surface area (Å²) in [5, 5.41) is 9.52. The van der Waals surface area contributed by atoms with Gasteiger partial charge in [-0.15, -0.1) is 0 Å². The number of rotatable bonds is 8. The van der Waals surface area contributed by atoms with Crippen LogP contribution in [0.4, 0.5) is 5.69 Å². The molecule has 0 aliphatic rings. The van der Waals surface area contributed by atoms with E-state index in [-0.39, 0.29) is 0 Å². The molecule has 4 aromatic carbocycles. The molecule has 0 unspecified atom stereocenters. The Labute approximate surface area is 214 Å². The zero-order chi connectivity index (χ0) is 25.3. The largest absolute Gasteiger partial charge is 0.497 e. The molecule has 0 saturated heterocycles. The minimum Gasteiger partial charge on any atom is -0.497 e. The minimum absolute atomic E-state index is 0.310. The van der Waals surface area contributed by atoms with Gasteiger partial charge < -0.3 is 19.5 Å². The second-order valence-electron chi connectivity index (χ2n) is 7.60. The number of esters is 1. The number of hydrogen-bond donors (Lipinski definition) is 2. The first-order valence-corrected chi connectivity index (χ1v) is 11.7. The second kappa shape index (κ2) is 11.8. The van der Waals surface area contributed by atoms with Crippen molar-refractivity contribution < 1.29 is 19.0 Å². The molecule has 8 heteroatoms. The van der Waals surface area contributed by atoms with Crippen molar-refractivity contribution in [3.05, 3.63) is 96.1 Å². The van der Waals surface area contributed by atoms with Crippen LogP contribution in [0.15, 0.2) is 90.0 Å². The number of carbonyl (C=O) groups is 1. The maximum atomic E-state index is 12.8. The van der Waals surface area contributed by atoms with Gasteiger partial charge in [-0.3, -0.25) is 5.43 Å². The minimum atomic E-state index is -0.479. The van der Waals surface area contributed by atoms with Gasteiger partial charge in [0.1, 0.15) is 17.2 Å². The van der Waals surface area contributed by atoms with E-state index < -0.39 is 5.97 Å². The average molecular weight is 500 g/mol. The molecule has 2 N–H and O–H groups in total. The van der Waals surface area contributed by atoms with E-state index in [2.05, 4.69) is 15.8 Å². The molecule has 0 aliphatic heterocycles. The van der Waals surface area contributed by atoms with Crippen molar-refractivity contribution in [3.63, 3.8) is 0 Å². The summed E-state index contributed by atoms with van der Waals surface area (Å²) in [6.07, 6.45) is 1.59. The number of benzene rings is 4. The molecule has 0 aliphatic carbocycles. The summed E-state index contributed by atoms with van der Waals surface area (Å²) < 4.78 is 16.4. The Morgan fingerprint density at radius 3 is 2.39 bits per heavy atom. The number of carbonyl (C=O) groups excluding carboxylic acids is 1. The van der Waals surface area contributed by atoms with E-state index in [1.165, 1.54) is 0 Å². The maximum Gasteiger partial charge on any atom is 0.343 e. The highest BCUT2D eigenvalue weighted by atomic mass is 32.1. The van der Waals surface area contributed by atoms with Crippen LogP contribution in [0.3, 0.4) is 0 Å². The molecule has 182 valence electrons. The van der Waals surface area contributed by atoms with Gasteiger partial charge in [0.2, 0.25) is 0 Å². The van der Waals surface area contributed by atoms with E-state index in [0.29, 0.717) is 34.3 Å². The second-order valence-corrected chi connectivity index (χ2v) is 8.01. The lowest BCUT2D eigenvalue weighted by molar-refractivity contribution is 0.0734. The molecule has 0 fully saturated rings. The number of methoxy groups -OCH3 is 1. The number of hydrazone groups is 1. The number of thiocarbonyl (C=S) groups is 1. The van der Waals surface area contributed by atoms with Crippen molar-refractivity contribution in [2.24, 2.45) is 5.10 Å². The molecule has 4 aromatic rings. The highest BCUT2D eigenvalue weighted by molar-refractivity contribution is 7.80. The van der Waals surface area contributed by atoms with E-state index >= 15 is 0 Å². The Morgan fingerprint density at radius 1 is 0.944 bits per heavy atom. The number of nitrogens with one attached hydrogen (secondary N) is 2. The molecule has 4 rings (SSSR count). The smallest absolute Gasteiger partial charge is 0.343 e. The lowest BCUT2D eigenvalue weighted by Gasteiger charge is -2.11. The van der Waals surface area contributed by atoms with Crippen molar-refractivity contribution >= 4 is 46.0 Å². The van der Waals surface area contributed by atoms with Gasteiger partial charge in [-0.05, 0) is 84.5 Å². The van der Waals surface area contributed by atoms with Gasteiger partial charge in [-0.25, -0.2) is 4.79 Å². The van der Waals surface area contributed by atoms with Gasteiger partial charge >= 0.3 is 5.97 Å². The molecule has 0 atom stereocenters. The number of hydrogen-bond acceptors (Lipinski definition) is 6. The van der Waals surface area contributed by atoms with Crippen molar-refractivity contribution in [1.29, 1.82) is 0 Å². The molecule has 7 nitrogen and oxygen atoms in total. The highest BCUT2D eigenvalue weighted by Crippen LogP contribution is 2.27. The van der Waals surface area contributed by atoms with Crippen LogP contribution < -0.4 is 25.0 Å². The van der Waals surface area contributed by atoms with E-state index in [1.54, 1.807) is 43.7 Å². The van der Waals surface area contributed by atoms with Crippen LogP contribution in [-0.4, -0.2) is 31.0 Å². The summed E-state index contributed by atoms with van der Waals surface area (Å²) in [6.45, 7) is 2.46. The lowest BCUT2D eigenvalue weighted by Crippen LogP contribution is -2.23. The molecule has 36 heavy (non-hydrogen) atoms. The third-order valence-corrected chi connectivity index (χ3v) is 5.44. The van der Waals surface area contributed by atoms with Crippen LogP contribution in [0.2, 0.25) is 0 Å². The average Bonchev–Trinajstić information content (AvgIpc) is 2.90. The molecular formula is C28H25N3O4S. The zero-order valence-electron chi connectivity index (χ0n) is 19.9. The van der Waals surface area contributed by atoms with E-state index in [1.807, 2.05) is 61.5 Å². The molecule has 0 aromatic heterocycles. The standard InChI is InChI=1S/C28H25N3O4S/c1-3-34-23-13-8-20(9-14-23)27(32)35-26-17-10-19-6-4-5-7-24(19)25(26)18-29-31-28(36)30-21-11-15-22(33-2)16-12-21/h4-18H,3H2,1-2H3,(H2,30,31,36)/b29-18+. The van der Waals surface area contributed by atoms with E-state index in [0.717, 1.165) is 22.2 Å². The number of anilines is 1. The van der Waals surface area contributed by atoms with Gasteiger partial charge in [0.25, 0.3) is 0 Å². The first-order chi connectivity index (χ1) is 17.6. The topological polar surface area (TPSA) is 81.2 Å². The first kappa shape index (κ1) is 24.7. The van der Waals surface area contributed by atoms with Crippen molar-refractivity contribution in [2.75, 3.05) is 19.0 Å². The Bertz CT molecular complexity index is 1390. The Kier molecular flexibility index (Phi) is 8.10. The molecule has 0 bridgehead atoms. The van der Waals surface area contributed by atoms with E-state index in [9.17, 15) is 4.79 Å². The summed E-state index contributed by atoms with van der Waals surface area (Å²) >= 11 is 5.34. The third-order valence-electron chi connectivity index (χ3n) is 5.24. The van der Waals surface area contributed by atoms with Crippen LogP contribution in [0.1, 0.15) is 22.8 Å². The molecule has 0 amide bonds. The SMILES string of the molecule is CCOc1ccc(C(=O)Oc2ccc3ccccc3c2/C=N/NC(=S)Nc2ccc(OC)cc2)cc1. The molecule has 0 spiro atoms. The van der Waals surface area contributed by atoms with Gasteiger partial charge in [-0.2, -0.15) is 5.10 Å². The Morgan fingerprint density at radius 2 is 1.67 bits per heavy atom. The normalized spacial score (nSPS) is 10.7. The fraction of sp³-hybridized carbons (Fsp3) is 0.107. The van der Waals surface area contributed by atoms with Gasteiger partial charge in [0.15, 0.2) is 5.11 Å². The van der Waals surface area contributed by atoms with Crippen LogP contribution >= 0.6 is 12.2 Å². The van der Waals surface area contributed by atoms with Crippen molar-refractivity contribution in [3.8, 4) is 17.2 Å². The number of nitrogens with zero attached hydrogens (tertiary/aromatic N) is 1. The lowest BCUT2D eigenvalue weighted by atomic mass is 10.0. The maximum absolute atomic E-state index is 12.8. The fourth-order valence-electron chi connectivity index (χ4n) is 3.50. The fourth-order valence-corrected chi connectivity index (χ4v) is 3.67. The van der Waals surface area contributed by atoms with Crippen molar-refractivity contribution in [2.45, 2.75) is 6.92 Å². The third kappa shape index (κ3) is 6.17. The number of fused-ring (bicyclic) bond motifs is 1. The summed E-state index contributed by atoms with van der Waals surface area (Å²) in [6, 6.07) is 25.6. The first-order valence-electron chi connectivity index (χ1n) is 11.3. The predicted octanol–water partition coefficient (Wildman–Crippen LogP) is 5.79. The number of ether oxygens (including phenoxy) is 3.